The number of hydrogen-bond acceptors (Lipinski definition) is 5. The second-order valence-electron chi connectivity index (χ2n) is 5.08. The van der Waals surface area contributed by atoms with E-state index in [-0.39, 0.29) is 12.2 Å². The SMILES string of the molecule is CCc1ccc(-c2cnc(C(=O)NCC(=O)OC)c(OC)c2)cc1. The molecule has 1 N–H and O–H groups in total. The van der Waals surface area contributed by atoms with Crippen molar-refractivity contribution in [1.82, 2.24) is 10.3 Å². The van der Waals surface area contributed by atoms with Crippen molar-refractivity contribution in [2.75, 3.05) is 20.8 Å². The minimum Gasteiger partial charge on any atom is -0.494 e. The summed E-state index contributed by atoms with van der Waals surface area (Å²) in [6, 6.07) is 9.87. The molecule has 0 aliphatic carbocycles. The number of esters is 1. The summed E-state index contributed by atoms with van der Waals surface area (Å²) in [6.07, 6.45) is 2.58. The summed E-state index contributed by atoms with van der Waals surface area (Å²) in [7, 11) is 2.73. The molecule has 0 aliphatic heterocycles. The van der Waals surface area contributed by atoms with Gasteiger partial charge in [0.2, 0.25) is 0 Å². The molecule has 1 aromatic heterocycles. The zero-order chi connectivity index (χ0) is 17.5. The van der Waals surface area contributed by atoms with Gasteiger partial charge in [0.15, 0.2) is 11.4 Å². The average molecular weight is 328 g/mol. The monoisotopic (exact) mass is 328 g/mol. The summed E-state index contributed by atoms with van der Waals surface area (Å²) in [4.78, 5) is 27.4. The Morgan fingerprint density at radius 3 is 2.42 bits per heavy atom. The van der Waals surface area contributed by atoms with Crippen molar-refractivity contribution in [2.24, 2.45) is 0 Å². The van der Waals surface area contributed by atoms with Crippen molar-refractivity contribution in [3.8, 4) is 16.9 Å². The highest BCUT2D eigenvalue weighted by Crippen LogP contribution is 2.25. The Balaban J connectivity index is 2.23. The minimum absolute atomic E-state index is 0.121. The zero-order valence-electron chi connectivity index (χ0n) is 14.0. The molecule has 1 aromatic carbocycles. The third-order valence-electron chi connectivity index (χ3n) is 3.60. The van der Waals surface area contributed by atoms with E-state index in [1.807, 2.05) is 12.1 Å². The van der Waals surface area contributed by atoms with E-state index in [0.717, 1.165) is 17.5 Å². The number of carbonyl (C=O) groups is 2. The Labute approximate surface area is 140 Å². The van der Waals surface area contributed by atoms with Crippen LogP contribution in [0.4, 0.5) is 0 Å². The summed E-state index contributed by atoms with van der Waals surface area (Å²) in [5.41, 5.74) is 3.20. The predicted molar refractivity (Wildman–Crippen MR) is 90.0 cm³/mol. The first-order valence-electron chi connectivity index (χ1n) is 7.57. The van der Waals surface area contributed by atoms with Gasteiger partial charge in [-0.2, -0.15) is 0 Å². The Bertz CT molecular complexity index is 726. The number of ether oxygens (including phenoxy) is 2. The van der Waals surface area contributed by atoms with Gasteiger partial charge in [-0.1, -0.05) is 31.2 Å². The van der Waals surface area contributed by atoms with Crippen LogP contribution in [-0.2, 0) is 16.0 Å². The lowest BCUT2D eigenvalue weighted by Gasteiger charge is -2.10. The first-order chi connectivity index (χ1) is 11.6. The van der Waals surface area contributed by atoms with Crippen LogP contribution in [0, 0.1) is 0 Å². The molecule has 24 heavy (non-hydrogen) atoms. The van der Waals surface area contributed by atoms with Crippen LogP contribution in [0.1, 0.15) is 23.0 Å². The van der Waals surface area contributed by atoms with Crippen molar-refractivity contribution >= 4 is 11.9 Å². The van der Waals surface area contributed by atoms with Crippen molar-refractivity contribution < 1.29 is 19.1 Å². The van der Waals surface area contributed by atoms with E-state index < -0.39 is 11.9 Å². The molecule has 6 nitrogen and oxygen atoms in total. The second kappa shape index (κ2) is 8.10. The van der Waals surface area contributed by atoms with E-state index in [0.29, 0.717) is 5.75 Å². The molecular formula is C18H20N2O4. The highest BCUT2D eigenvalue weighted by Gasteiger charge is 2.16. The summed E-state index contributed by atoms with van der Waals surface area (Å²) in [5.74, 6) is -0.686. The molecule has 0 aliphatic rings. The topological polar surface area (TPSA) is 77.5 Å². The van der Waals surface area contributed by atoms with Crippen LogP contribution < -0.4 is 10.1 Å². The van der Waals surface area contributed by atoms with Crippen molar-refractivity contribution in [2.45, 2.75) is 13.3 Å². The quantitative estimate of drug-likeness (QED) is 0.823. The van der Waals surface area contributed by atoms with Gasteiger partial charge in [-0.15, -0.1) is 0 Å². The Morgan fingerprint density at radius 2 is 1.83 bits per heavy atom. The third kappa shape index (κ3) is 4.10. The number of nitrogens with one attached hydrogen (secondary N) is 1. The number of aromatic nitrogens is 1. The minimum atomic E-state index is -0.532. The first-order valence-corrected chi connectivity index (χ1v) is 7.57. The summed E-state index contributed by atoms with van der Waals surface area (Å²) >= 11 is 0. The summed E-state index contributed by atoms with van der Waals surface area (Å²) in [6.45, 7) is 1.88. The lowest BCUT2D eigenvalue weighted by atomic mass is 10.0. The number of pyridine rings is 1. The number of amides is 1. The van der Waals surface area contributed by atoms with Gasteiger partial charge in [0.25, 0.3) is 5.91 Å². The van der Waals surface area contributed by atoms with Crippen LogP contribution in [0.25, 0.3) is 11.1 Å². The summed E-state index contributed by atoms with van der Waals surface area (Å²) in [5, 5.41) is 2.44. The number of methoxy groups -OCH3 is 2. The van der Waals surface area contributed by atoms with Crippen LogP contribution in [0.5, 0.6) is 5.75 Å². The van der Waals surface area contributed by atoms with Gasteiger partial charge in [0, 0.05) is 11.8 Å². The zero-order valence-corrected chi connectivity index (χ0v) is 14.0. The lowest BCUT2D eigenvalue weighted by molar-refractivity contribution is -0.139. The molecule has 0 fully saturated rings. The molecular weight excluding hydrogens is 308 g/mol. The first kappa shape index (κ1) is 17.5. The molecule has 1 heterocycles. The molecule has 0 atom stereocenters. The van der Waals surface area contributed by atoms with Crippen molar-refractivity contribution in [3.63, 3.8) is 0 Å². The van der Waals surface area contributed by atoms with Crippen LogP contribution >= 0.6 is 0 Å². The van der Waals surface area contributed by atoms with Crippen LogP contribution in [0.2, 0.25) is 0 Å². The molecule has 0 unspecified atom stereocenters. The maximum Gasteiger partial charge on any atom is 0.325 e. The van der Waals surface area contributed by atoms with Crippen molar-refractivity contribution in [3.05, 3.63) is 47.8 Å². The molecule has 0 bridgehead atoms. The van der Waals surface area contributed by atoms with E-state index in [1.54, 1.807) is 12.3 Å². The summed E-state index contributed by atoms with van der Waals surface area (Å²) < 4.78 is 9.75. The largest absolute Gasteiger partial charge is 0.494 e. The van der Waals surface area contributed by atoms with E-state index in [1.165, 1.54) is 19.8 Å². The van der Waals surface area contributed by atoms with Gasteiger partial charge in [-0.05, 0) is 23.6 Å². The number of nitrogens with zero attached hydrogens (tertiary/aromatic N) is 1. The lowest BCUT2D eigenvalue weighted by Crippen LogP contribution is -2.31. The number of aryl methyl sites for hydroxylation is 1. The fraction of sp³-hybridized carbons (Fsp3) is 0.278. The maximum atomic E-state index is 12.1. The number of rotatable bonds is 6. The Hall–Kier alpha value is -2.89. The van der Waals surface area contributed by atoms with E-state index in [9.17, 15) is 9.59 Å². The van der Waals surface area contributed by atoms with Gasteiger partial charge in [0.05, 0.1) is 14.2 Å². The molecule has 2 aromatic rings. The normalized spacial score (nSPS) is 10.1. The number of benzene rings is 1. The molecule has 0 radical (unpaired) electrons. The van der Waals surface area contributed by atoms with Gasteiger partial charge < -0.3 is 14.8 Å². The number of hydrogen-bond donors (Lipinski definition) is 1. The van der Waals surface area contributed by atoms with Gasteiger partial charge in [-0.3, -0.25) is 9.59 Å². The van der Waals surface area contributed by atoms with E-state index in [4.69, 9.17) is 4.74 Å². The average Bonchev–Trinajstić information content (AvgIpc) is 2.65. The predicted octanol–water partition coefficient (Wildman–Crippen LogP) is 2.22. The molecule has 6 heteroatoms. The third-order valence-corrected chi connectivity index (χ3v) is 3.60. The fourth-order valence-corrected chi connectivity index (χ4v) is 2.17. The van der Waals surface area contributed by atoms with Crippen molar-refractivity contribution in [1.29, 1.82) is 0 Å². The molecule has 1 amide bonds. The highest BCUT2D eigenvalue weighted by molar-refractivity contribution is 5.97. The molecule has 0 saturated carbocycles. The standard InChI is InChI=1S/C18H20N2O4/c1-4-12-5-7-13(8-6-12)14-9-15(23-2)17(19-10-14)18(22)20-11-16(21)24-3/h5-10H,4,11H2,1-3H3,(H,20,22). The molecule has 0 saturated heterocycles. The number of carbonyl (C=O) groups excluding carboxylic acids is 2. The van der Waals surface area contributed by atoms with Gasteiger partial charge in [0.1, 0.15) is 6.54 Å². The van der Waals surface area contributed by atoms with E-state index in [2.05, 4.69) is 34.1 Å². The van der Waals surface area contributed by atoms with Crippen LogP contribution in [0.15, 0.2) is 36.5 Å². The molecule has 2 rings (SSSR count). The maximum absolute atomic E-state index is 12.1. The van der Waals surface area contributed by atoms with Crippen LogP contribution in [-0.4, -0.2) is 37.6 Å². The van der Waals surface area contributed by atoms with Gasteiger partial charge in [-0.25, -0.2) is 4.98 Å². The second-order valence-corrected chi connectivity index (χ2v) is 5.08. The van der Waals surface area contributed by atoms with Gasteiger partial charge >= 0.3 is 5.97 Å². The highest BCUT2D eigenvalue weighted by atomic mass is 16.5. The smallest absolute Gasteiger partial charge is 0.325 e. The van der Waals surface area contributed by atoms with E-state index >= 15 is 0 Å². The molecule has 126 valence electrons. The van der Waals surface area contributed by atoms with Crippen LogP contribution in [0.3, 0.4) is 0 Å². The Kier molecular flexibility index (Phi) is 5.89. The fourth-order valence-electron chi connectivity index (χ4n) is 2.17. The molecule has 0 spiro atoms. The Morgan fingerprint density at radius 1 is 1.12 bits per heavy atom.